The SMILES string of the molecule is Oc1ccc(-n2cccc2C=Nn2cnnc2)cc1. The van der Waals surface area contributed by atoms with Crippen LogP contribution < -0.4 is 0 Å². The lowest BCUT2D eigenvalue weighted by atomic mass is 10.3. The highest BCUT2D eigenvalue weighted by Crippen LogP contribution is 2.15. The fraction of sp³-hybridized carbons (Fsp3) is 0. The Kier molecular flexibility index (Phi) is 2.82. The number of nitrogens with zero attached hydrogens (tertiary/aromatic N) is 5. The number of aromatic hydroxyl groups is 1. The molecule has 0 spiro atoms. The van der Waals surface area contributed by atoms with Crippen molar-refractivity contribution in [3.8, 4) is 11.4 Å². The van der Waals surface area contributed by atoms with Gasteiger partial charge in [0, 0.05) is 11.9 Å². The fourth-order valence-electron chi connectivity index (χ4n) is 1.73. The summed E-state index contributed by atoms with van der Waals surface area (Å²) in [5.74, 6) is 0.246. The Morgan fingerprint density at radius 2 is 1.79 bits per heavy atom. The Labute approximate surface area is 109 Å². The summed E-state index contributed by atoms with van der Waals surface area (Å²) in [7, 11) is 0. The van der Waals surface area contributed by atoms with Crippen molar-refractivity contribution in [3.05, 3.63) is 60.9 Å². The normalized spacial score (nSPS) is 11.2. The van der Waals surface area contributed by atoms with Crippen LogP contribution in [0.25, 0.3) is 5.69 Å². The molecule has 0 fully saturated rings. The number of phenols is 1. The third-order valence-corrected chi connectivity index (χ3v) is 2.64. The van der Waals surface area contributed by atoms with Gasteiger partial charge in [0.1, 0.15) is 18.4 Å². The summed E-state index contributed by atoms with van der Waals surface area (Å²) in [5, 5.41) is 20.9. The second-order valence-electron chi connectivity index (χ2n) is 3.91. The Morgan fingerprint density at radius 1 is 1.05 bits per heavy atom. The zero-order chi connectivity index (χ0) is 13.1. The molecule has 2 aromatic heterocycles. The first kappa shape index (κ1) is 11.2. The van der Waals surface area contributed by atoms with E-state index in [1.54, 1.807) is 18.3 Å². The molecule has 19 heavy (non-hydrogen) atoms. The van der Waals surface area contributed by atoms with Gasteiger partial charge >= 0.3 is 0 Å². The molecule has 2 heterocycles. The predicted molar refractivity (Wildman–Crippen MR) is 70.4 cm³/mol. The molecule has 3 rings (SSSR count). The van der Waals surface area contributed by atoms with Gasteiger partial charge in [0.05, 0.1) is 11.9 Å². The lowest BCUT2D eigenvalue weighted by Gasteiger charge is -2.05. The molecule has 0 atom stereocenters. The summed E-state index contributed by atoms with van der Waals surface area (Å²) in [5.41, 5.74) is 1.87. The largest absolute Gasteiger partial charge is 0.508 e. The van der Waals surface area contributed by atoms with Crippen LogP contribution in [0.15, 0.2) is 60.4 Å². The fourth-order valence-corrected chi connectivity index (χ4v) is 1.73. The summed E-state index contributed by atoms with van der Waals surface area (Å²) in [4.78, 5) is 0. The standard InChI is InChI=1S/C13H11N5O/c19-13-5-3-11(4-6-13)18-7-1-2-12(18)8-16-17-9-14-15-10-17/h1-10,19H. The van der Waals surface area contributed by atoms with Crippen LogP contribution in [0, 0.1) is 0 Å². The van der Waals surface area contributed by atoms with E-state index in [4.69, 9.17) is 0 Å². The number of hydrogen-bond acceptors (Lipinski definition) is 4. The molecule has 1 N–H and O–H groups in total. The van der Waals surface area contributed by atoms with Gasteiger partial charge in [-0.15, -0.1) is 10.2 Å². The van der Waals surface area contributed by atoms with Gasteiger partial charge in [0.25, 0.3) is 0 Å². The molecule has 94 valence electrons. The van der Waals surface area contributed by atoms with Crippen LogP contribution >= 0.6 is 0 Å². The van der Waals surface area contributed by atoms with Crippen LogP contribution in [0.3, 0.4) is 0 Å². The smallest absolute Gasteiger partial charge is 0.141 e. The third kappa shape index (κ3) is 2.37. The van der Waals surface area contributed by atoms with Crippen molar-refractivity contribution in [2.45, 2.75) is 0 Å². The Bertz CT molecular complexity index is 682. The molecule has 0 unspecified atom stereocenters. The third-order valence-electron chi connectivity index (χ3n) is 2.64. The van der Waals surface area contributed by atoms with Crippen LogP contribution in [-0.2, 0) is 0 Å². The van der Waals surface area contributed by atoms with Gasteiger partial charge in [0.2, 0.25) is 0 Å². The maximum atomic E-state index is 9.30. The van der Waals surface area contributed by atoms with Gasteiger partial charge < -0.3 is 9.67 Å². The average Bonchev–Trinajstić information content (AvgIpc) is 3.08. The van der Waals surface area contributed by atoms with E-state index in [-0.39, 0.29) is 5.75 Å². The van der Waals surface area contributed by atoms with Crippen LogP contribution in [0.2, 0.25) is 0 Å². The topological polar surface area (TPSA) is 68.2 Å². The molecule has 0 radical (unpaired) electrons. The highest BCUT2D eigenvalue weighted by molar-refractivity contribution is 5.78. The first-order valence-electron chi connectivity index (χ1n) is 5.69. The molecule has 0 amide bonds. The van der Waals surface area contributed by atoms with Gasteiger partial charge in [-0.1, -0.05) is 0 Å². The molecule has 3 aromatic rings. The minimum absolute atomic E-state index is 0.246. The van der Waals surface area contributed by atoms with Gasteiger partial charge in [-0.05, 0) is 36.4 Å². The van der Waals surface area contributed by atoms with Crippen molar-refractivity contribution in [2.24, 2.45) is 5.10 Å². The van der Waals surface area contributed by atoms with Gasteiger partial charge in [0.15, 0.2) is 0 Å². The van der Waals surface area contributed by atoms with Crippen LogP contribution in [0.1, 0.15) is 5.69 Å². The van der Waals surface area contributed by atoms with Gasteiger partial charge in [-0.3, -0.25) is 0 Å². The summed E-state index contributed by atoms with van der Waals surface area (Å²) in [6.07, 6.45) is 6.69. The lowest BCUT2D eigenvalue weighted by Crippen LogP contribution is -1.98. The van der Waals surface area contributed by atoms with E-state index in [1.807, 2.05) is 35.0 Å². The number of rotatable bonds is 3. The minimum atomic E-state index is 0.246. The van der Waals surface area contributed by atoms with E-state index in [9.17, 15) is 5.11 Å². The molecule has 0 saturated heterocycles. The minimum Gasteiger partial charge on any atom is -0.508 e. The van der Waals surface area contributed by atoms with Gasteiger partial charge in [-0.2, -0.15) is 5.10 Å². The maximum Gasteiger partial charge on any atom is 0.141 e. The lowest BCUT2D eigenvalue weighted by molar-refractivity contribution is 0.475. The Balaban J connectivity index is 1.92. The molecule has 0 aliphatic carbocycles. The van der Waals surface area contributed by atoms with Crippen molar-refractivity contribution >= 4 is 6.21 Å². The Morgan fingerprint density at radius 3 is 2.53 bits per heavy atom. The van der Waals surface area contributed by atoms with E-state index in [0.717, 1.165) is 11.4 Å². The summed E-state index contributed by atoms with van der Waals surface area (Å²) < 4.78 is 3.49. The maximum absolute atomic E-state index is 9.30. The van der Waals surface area contributed by atoms with Crippen molar-refractivity contribution in [3.63, 3.8) is 0 Å². The highest BCUT2D eigenvalue weighted by Gasteiger charge is 2.01. The van der Waals surface area contributed by atoms with E-state index >= 15 is 0 Å². The summed E-state index contributed by atoms with van der Waals surface area (Å²) >= 11 is 0. The molecule has 6 nitrogen and oxygen atoms in total. The number of hydrogen-bond donors (Lipinski definition) is 1. The number of benzene rings is 1. The average molecular weight is 253 g/mol. The van der Waals surface area contributed by atoms with Crippen molar-refractivity contribution in [1.29, 1.82) is 0 Å². The van der Waals surface area contributed by atoms with Crippen LogP contribution in [0.5, 0.6) is 5.75 Å². The zero-order valence-electron chi connectivity index (χ0n) is 9.96. The second kappa shape index (κ2) is 4.77. The molecule has 6 heteroatoms. The molecular weight excluding hydrogens is 242 g/mol. The van der Waals surface area contributed by atoms with E-state index < -0.39 is 0 Å². The van der Waals surface area contributed by atoms with Gasteiger partial charge in [-0.25, -0.2) is 4.68 Å². The number of phenolic OH excluding ortho intramolecular Hbond substituents is 1. The molecule has 1 aromatic carbocycles. The quantitative estimate of drug-likeness (QED) is 0.722. The number of aromatic nitrogens is 4. The molecule has 0 aliphatic heterocycles. The summed E-state index contributed by atoms with van der Waals surface area (Å²) in [6.45, 7) is 0. The Hall–Kier alpha value is -2.89. The second-order valence-corrected chi connectivity index (χ2v) is 3.91. The molecule has 0 saturated carbocycles. The van der Waals surface area contributed by atoms with Crippen molar-refractivity contribution in [1.82, 2.24) is 19.4 Å². The van der Waals surface area contributed by atoms with E-state index in [2.05, 4.69) is 15.3 Å². The molecule has 0 aliphatic rings. The zero-order valence-corrected chi connectivity index (χ0v) is 9.96. The van der Waals surface area contributed by atoms with Crippen molar-refractivity contribution < 1.29 is 5.11 Å². The summed E-state index contributed by atoms with van der Waals surface area (Å²) in [6, 6.07) is 10.9. The van der Waals surface area contributed by atoms with Crippen LogP contribution in [-0.4, -0.2) is 30.8 Å². The highest BCUT2D eigenvalue weighted by atomic mass is 16.3. The van der Waals surface area contributed by atoms with Crippen LogP contribution in [0.4, 0.5) is 0 Å². The monoisotopic (exact) mass is 253 g/mol. The predicted octanol–water partition coefficient (Wildman–Crippen LogP) is 1.66. The first-order chi connectivity index (χ1) is 9.33. The first-order valence-corrected chi connectivity index (χ1v) is 5.69. The van der Waals surface area contributed by atoms with Crippen molar-refractivity contribution in [2.75, 3.05) is 0 Å². The molecular formula is C13H11N5O. The van der Waals surface area contributed by atoms with E-state index in [0.29, 0.717) is 0 Å². The van der Waals surface area contributed by atoms with E-state index in [1.165, 1.54) is 17.3 Å². The molecule has 0 bridgehead atoms.